The Hall–Kier alpha value is -3.13. The second-order valence-corrected chi connectivity index (χ2v) is 5.30. The van der Waals surface area contributed by atoms with Gasteiger partial charge >= 0.3 is 0 Å². The van der Waals surface area contributed by atoms with Crippen molar-refractivity contribution in [1.29, 1.82) is 0 Å². The molecule has 0 spiro atoms. The van der Waals surface area contributed by atoms with Crippen molar-refractivity contribution in [2.75, 3.05) is 0 Å². The fourth-order valence-corrected chi connectivity index (χ4v) is 2.60. The summed E-state index contributed by atoms with van der Waals surface area (Å²) in [5.74, 6) is 1.64. The molecular formula is C21H15NO. The maximum absolute atomic E-state index is 6.11. The number of rotatable bonds is 3. The number of fused-ring (bicyclic) bond motifs is 1. The average molecular weight is 297 g/mol. The van der Waals surface area contributed by atoms with Gasteiger partial charge in [0.05, 0.1) is 11.2 Å². The van der Waals surface area contributed by atoms with Crippen LogP contribution in [0.15, 0.2) is 91.0 Å². The first-order chi connectivity index (χ1) is 11.4. The Morgan fingerprint density at radius 3 is 2.09 bits per heavy atom. The lowest BCUT2D eigenvalue weighted by Crippen LogP contribution is -1.91. The Morgan fingerprint density at radius 2 is 1.30 bits per heavy atom. The van der Waals surface area contributed by atoms with E-state index in [1.165, 1.54) is 0 Å². The van der Waals surface area contributed by atoms with Gasteiger partial charge in [-0.05, 0) is 24.3 Å². The zero-order valence-electron chi connectivity index (χ0n) is 12.5. The fourth-order valence-electron chi connectivity index (χ4n) is 2.60. The third kappa shape index (κ3) is 2.79. The maximum Gasteiger partial charge on any atom is 0.138 e. The second kappa shape index (κ2) is 5.93. The Balaban J connectivity index is 1.87. The lowest BCUT2D eigenvalue weighted by molar-refractivity contribution is 0.488. The lowest BCUT2D eigenvalue weighted by atomic mass is 10.1. The number of ether oxygens (including phenoxy) is 1. The molecule has 0 bridgehead atoms. The molecule has 0 aliphatic heterocycles. The van der Waals surface area contributed by atoms with Gasteiger partial charge in [0, 0.05) is 17.0 Å². The Kier molecular flexibility index (Phi) is 3.49. The van der Waals surface area contributed by atoms with Crippen LogP contribution in [0.25, 0.3) is 22.2 Å². The number of pyridine rings is 1. The van der Waals surface area contributed by atoms with Gasteiger partial charge in [-0.1, -0.05) is 60.7 Å². The van der Waals surface area contributed by atoms with Crippen LogP contribution in [0, 0.1) is 0 Å². The number of para-hydroxylation sites is 2. The Morgan fingerprint density at radius 1 is 0.652 bits per heavy atom. The monoisotopic (exact) mass is 297 g/mol. The molecule has 0 atom stereocenters. The van der Waals surface area contributed by atoms with Crippen molar-refractivity contribution in [2.45, 2.75) is 0 Å². The molecule has 0 saturated heterocycles. The molecule has 110 valence electrons. The predicted molar refractivity (Wildman–Crippen MR) is 93.7 cm³/mol. The van der Waals surface area contributed by atoms with Crippen molar-refractivity contribution in [3.05, 3.63) is 91.0 Å². The molecule has 2 heteroatoms. The van der Waals surface area contributed by atoms with E-state index >= 15 is 0 Å². The van der Waals surface area contributed by atoms with Crippen molar-refractivity contribution in [3.63, 3.8) is 0 Å². The van der Waals surface area contributed by atoms with Crippen molar-refractivity contribution in [3.8, 4) is 22.8 Å². The van der Waals surface area contributed by atoms with E-state index in [0.29, 0.717) is 0 Å². The van der Waals surface area contributed by atoms with Crippen LogP contribution in [0.5, 0.6) is 11.5 Å². The highest BCUT2D eigenvalue weighted by Crippen LogP contribution is 2.32. The summed E-state index contributed by atoms with van der Waals surface area (Å²) in [5, 5.41) is 1.01. The summed E-state index contributed by atoms with van der Waals surface area (Å²) in [5.41, 5.74) is 2.92. The van der Waals surface area contributed by atoms with Crippen molar-refractivity contribution in [1.82, 2.24) is 4.98 Å². The molecule has 0 aliphatic carbocycles. The smallest absolute Gasteiger partial charge is 0.138 e. The first-order valence-corrected chi connectivity index (χ1v) is 7.58. The van der Waals surface area contributed by atoms with Crippen LogP contribution in [0.3, 0.4) is 0 Å². The minimum atomic E-state index is 0.820. The summed E-state index contributed by atoms with van der Waals surface area (Å²) in [4.78, 5) is 4.77. The summed E-state index contributed by atoms with van der Waals surface area (Å²) >= 11 is 0. The van der Waals surface area contributed by atoms with Gasteiger partial charge in [0.25, 0.3) is 0 Å². The van der Waals surface area contributed by atoms with Gasteiger partial charge in [-0.25, -0.2) is 4.98 Å². The van der Waals surface area contributed by atoms with E-state index in [2.05, 4.69) is 12.1 Å². The normalized spacial score (nSPS) is 10.6. The highest BCUT2D eigenvalue weighted by atomic mass is 16.5. The van der Waals surface area contributed by atoms with E-state index in [0.717, 1.165) is 33.7 Å². The molecule has 1 aromatic heterocycles. The molecule has 4 aromatic rings. The topological polar surface area (TPSA) is 22.1 Å². The predicted octanol–water partition coefficient (Wildman–Crippen LogP) is 5.69. The molecule has 0 amide bonds. The molecule has 0 aliphatic rings. The van der Waals surface area contributed by atoms with Crippen LogP contribution in [0.4, 0.5) is 0 Å². The van der Waals surface area contributed by atoms with E-state index in [1.807, 2.05) is 78.9 Å². The molecule has 2 nitrogen and oxygen atoms in total. The van der Waals surface area contributed by atoms with Gasteiger partial charge in [-0.2, -0.15) is 0 Å². The van der Waals surface area contributed by atoms with E-state index in [4.69, 9.17) is 9.72 Å². The van der Waals surface area contributed by atoms with Crippen molar-refractivity contribution >= 4 is 10.9 Å². The van der Waals surface area contributed by atoms with Crippen molar-refractivity contribution in [2.24, 2.45) is 0 Å². The third-order valence-electron chi connectivity index (χ3n) is 3.72. The van der Waals surface area contributed by atoms with Crippen molar-refractivity contribution < 1.29 is 4.74 Å². The van der Waals surface area contributed by atoms with Crippen LogP contribution in [0.2, 0.25) is 0 Å². The van der Waals surface area contributed by atoms with E-state index < -0.39 is 0 Å². The van der Waals surface area contributed by atoms with Gasteiger partial charge in [-0.3, -0.25) is 0 Å². The molecule has 3 aromatic carbocycles. The number of benzene rings is 3. The Bertz CT molecular complexity index is 933. The number of hydrogen-bond donors (Lipinski definition) is 0. The minimum absolute atomic E-state index is 0.820. The molecule has 1 heterocycles. The minimum Gasteiger partial charge on any atom is -0.457 e. The standard InChI is InChI=1S/C21H15NO/c1-3-9-16(10-4-1)20-15-21(23-17-11-5-2-6-12-17)18-13-7-8-14-19(18)22-20/h1-15H. The van der Waals surface area contributed by atoms with Gasteiger partial charge in [-0.15, -0.1) is 0 Å². The molecule has 23 heavy (non-hydrogen) atoms. The van der Waals surface area contributed by atoms with Gasteiger partial charge in [0.2, 0.25) is 0 Å². The third-order valence-corrected chi connectivity index (χ3v) is 3.72. The van der Waals surface area contributed by atoms with Gasteiger partial charge < -0.3 is 4.74 Å². The summed E-state index contributed by atoms with van der Waals surface area (Å²) in [6.45, 7) is 0. The number of hydrogen-bond acceptors (Lipinski definition) is 2. The molecule has 0 saturated carbocycles. The summed E-state index contributed by atoms with van der Waals surface area (Å²) in [6.07, 6.45) is 0. The Labute approximate surface area is 135 Å². The van der Waals surface area contributed by atoms with Crippen LogP contribution in [-0.4, -0.2) is 4.98 Å². The zero-order valence-corrected chi connectivity index (χ0v) is 12.5. The maximum atomic E-state index is 6.11. The van der Waals surface area contributed by atoms with Crippen LogP contribution >= 0.6 is 0 Å². The van der Waals surface area contributed by atoms with Crippen LogP contribution < -0.4 is 4.74 Å². The first-order valence-electron chi connectivity index (χ1n) is 7.58. The molecule has 0 radical (unpaired) electrons. The highest BCUT2D eigenvalue weighted by Gasteiger charge is 2.09. The fraction of sp³-hybridized carbons (Fsp3) is 0. The van der Waals surface area contributed by atoms with E-state index in [9.17, 15) is 0 Å². The SMILES string of the molecule is c1ccc(Oc2cc(-c3ccccc3)nc3ccccc23)cc1. The van der Waals surface area contributed by atoms with Crippen LogP contribution in [-0.2, 0) is 0 Å². The average Bonchev–Trinajstić information content (AvgIpc) is 2.63. The van der Waals surface area contributed by atoms with Gasteiger partial charge in [0.1, 0.15) is 11.5 Å². The van der Waals surface area contributed by atoms with Gasteiger partial charge in [0.15, 0.2) is 0 Å². The highest BCUT2D eigenvalue weighted by molar-refractivity contribution is 5.88. The summed E-state index contributed by atoms with van der Waals surface area (Å²) in [6, 6.07) is 30.0. The first kappa shape index (κ1) is 13.5. The quantitative estimate of drug-likeness (QED) is 0.484. The summed E-state index contributed by atoms with van der Waals surface area (Å²) in [7, 11) is 0. The number of nitrogens with zero attached hydrogens (tertiary/aromatic N) is 1. The molecule has 4 rings (SSSR count). The lowest BCUT2D eigenvalue weighted by Gasteiger charge is -2.11. The molecular weight excluding hydrogens is 282 g/mol. The van der Waals surface area contributed by atoms with E-state index in [-0.39, 0.29) is 0 Å². The van der Waals surface area contributed by atoms with E-state index in [1.54, 1.807) is 0 Å². The molecule has 0 unspecified atom stereocenters. The largest absolute Gasteiger partial charge is 0.457 e. The summed E-state index contributed by atoms with van der Waals surface area (Å²) < 4.78 is 6.11. The molecule has 0 fully saturated rings. The van der Waals surface area contributed by atoms with Crippen LogP contribution in [0.1, 0.15) is 0 Å². The molecule has 0 N–H and O–H groups in total. The second-order valence-electron chi connectivity index (χ2n) is 5.30. The number of aromatic nitrogens is 1. The zero-order chi connectivity index (χ0) is 15.5.